The first-order chi connectivity index (χ1) is 13.1. The van der Waals surface area contributed by atoms with Crippen molar-refractivity contribution < 1.29 is 4.74 Å². The van der Waals surface area contributed by atoms with Crippen molar-refractivity contribution in [2.24, 2.45) is 0 Å². The van der Waals surface area contributed by atoms with Crippen molar-refractivity contribution in [1.82, 2.24) is 15.0 Å². The van der Waals surface area contributed by atoms with Gasteiger partial charge in [0.05, 0.1) is 23.7 Å². The molecule has 27 heavy (non-hydrogen) atoms. The smallest absolute Gasteiger partial charge is 0.231 e. The fourth-order valence-corrected chi connectivity index (χ4v) is 3.48. The van der Waals surface area contributed by atoms with Gasteiger partial charge < -0.3 is 20.4 Å². The van der Waals surface area contributed by atoms with Crippen molar-refractivity contribution >= 4 is 41.7 Å². The van der Waals surface area contributed by atoms with Crippen LogP contribution < -0.4 is 20.7 Å². The number of rotatable bonds is 7. The van der Waals surface area contributed by atoms with Gasteiger partial charge >= 0.3 is 0 Å². The summed E-state index contributed by atoms with van der Waals surface area (Å²) in [6, 6.07) is 8.30. The number of nitriles is 1. The Bertz CT molecular complexity index is 992. The number of hydrogen-bond acceptors (Lipinski definition) is 6. The predicted octanol–water partition coefficient (Wildman–Crippen LogP) is 3.77. The molecule has 3 N–H and O–H groups in total. The Kier molecular flexibility index (Phi) is 5.78. The molecule has 0 aliphatic heterocycles. The fraction of sp³-hybridized carbons (Fsp3) is 0.316. The molecule has 0 fully saturated rings. The molecule has 140 valence electrons. The molecule has 0 unspecified atom stereocenters. The first-order valence-corrected chi connectivity index (χ1v) is 11.0. The zero-order valence-corrected chi connectivity index (χ0v) is 16.8. The third kappa shape index (κ3) is 3.96. The average molecular weight is 382 g/mol. The Hall–Kier alpha value is -2.84. The lowest BCUT2D eigenvalue weighted by Crippen LogP contribution is -2.07. The van der Waals surface area contributed by atoms with Gasteiger partial charge in [0.15, 0.2) is 0 Å². The van der Waals surface area contributed by atoms with E-state index in [0.29, 0.717) is 28.4 Å². The van der Waals surface area contributed by atoms with E-state index < -0.39 is 0 Å². The Morgan fingerprint density at radius 3 is 2.78 bits per heavy atom. The van der Waals surface area contributed by atoms with Gasteiger partial charge in [0.2, 0.25) is 5.95 Å². The summed E-state index contributed by atoms with van der Waals surface area (Å²) in [5, 5.41) is 17.8. The van der Waals surface area contributed by atoms with Gasteiger partial charge in [0, 0.05) is 12.7 Å². The van der Waals surface area contributed by atoms with Gasteiger partial charge in [0.1, 0.15) is 23.3 Å². The third-order valence-corrected chi connectivity index (χ3v) is 5.45. The maximum Gasteiger partial charge on any atom is 0.231 e. The van der Waals surface area contributed by atoms with Crippen LogP contribution in [0, 0.1) is 11.3 Å². The Labute approximate surface area is 159 Å². The van der Waals surface area contributed by atoms with Gasteiger partial charge in [-0.05, 0) is 37.2 Å². The third-order valence-electron chi connectivity index (χ3n) is 4.14. The molecule has 0 radical (unpaired) electrons. The summed E-state index contributed by atoms with van der Waals surface area (Å²) in [6.45, 7) is 7.25. The molecule has 0 bridgehead atoms. The standard InChI is InChI=1S/C19H23N6OP/c1-5-8-21-17-16-12(10-20)11-22-18(16)25-19(24-17)23-14-7-6-13(27(3)4)9-15(14)26-2/h6-7,9,11H,5,8H2,1-4H3,(H3,21,22,23,24,25). The number of ether oxygens (including phenoxy) is 1. The quantitative estimate of drug-likeness (QED) is 0.538. The number of nitrogens with zero attached hydrogens (tertiary/aromatic N) is 3. The summed E-state index contributed by atoms with van der Waals surface area (Å²) in [6.07, 6.45) is 2.60. The minimum Gasteiger partial charge on any atom is -0.495 e. The van der Waals surface area contributed by atoms with Crippen molar-refractivity contribution in [3.8, 4) is 11.8 Å². The lowest BCUT2D eigenvalue weighted by Gasteiger charge is -2.14. The van der Waals surface area contributed by atoms with E-state index in [1.54, 1.807) is 13.3 Å². The highest BCUT2D eigenvalue weighted by Crippen LogP contribution is 2.32. The highest BCUT2D eigenvalue weighted by atomic mass is 31.1. The Morgan fingerprint density at radius 1 is 1.30 bits per heavy atom. The van der Waals surface area contributed by atoms with Crippen LogP contribution in [-0.4, -0.2) is 41.9 Å². The second kappa shape index (κ2) is 8.24. The second-order valence-electron chi connectivity index (χ2n) is 6.26. The summed E-state index contributed by atoms with van der Waals surface area (Å²) < 4.78 is 5.54. The normalized spacial score (nSPS) is 10.8. The monoisotopic (exact) mass is 382 g/mol. The van der Waals surface area contributed by atoms with E-state index in [1.165, 1.54) is 5.30 Å². The molecule has 0 saturated heterocycles. The maximum absolute atomic E-state index is 9.33. The van der Waals surface area contributed by atoms with Crippen molar-refractivity contribution in [2.45, 2.75) is 13.3 Å². The molecule has 3 rings (SSSR count). The van der Waals surface area contributed by atoms with E-state index >= 15 is 0 Å². The molecule has 3 aromatic rings. The number of benzene rings is 1. The lowest BCUT2D eigenvalue weighted by atomic mass is 10.2. The van der Waals surface area contributed by atoms with Gasteiger partial charge in [-0.1, -0.05) is 20.9 Å². The number of aromatic amines is 1. The van der Waals surface area contributed by atoms with Crippen molar-refractivity contribution in [1.29, 1.82) is 5.26 Å². The van der Waals surface area contributed by atoms with Crippen LogP contribution in [0.1, 0.15) is 18.9 Å². The molecule has 8 heteroatoms. The van der Waals surface area contributed by atoms with Crippen LogP contribution in [0.2, 0.25) is 0 Å². The second-order valence-corrected chi connectivity index (χ2v) is 8.57. The molecule has 2 aromatic heterocycles. The molecule has 0 amide bonds. The summed E-state index contributed by atoms with van der Waals surface area (Å²) in [5.41, 5.74) is 1.94. The SMILES string of the molecule is CCCNc1nc(Nc2ccc(P(C)C)cc2OC)nc2[nH]cc(C#N)c12. The van der Waals surface area contributed by atoms with E-state index in [-0.39, 0.29) is 7.92 Å². The topological polar surface area (TPSA) is 98.7 Å². The summed E-state index contributed by atoms with van der Waals surface area (Å²) in [7, 11) is 1.44. The average Bonchev–Trinajstić information content (AvgIpc) is 3.09. The summed E-state index contributed by atoms with van der Waals surface area (Å²) in [4.78, 5) is 12.2. The van der Waals surface area contributed by atoms with Crippen LogP contribution in [0.3, 0.4) is 0 Å². The zero-order chi connectivity index (χ0) is 19.4. The molecule has 7 nitrogen and oxygen atoms in total. The minimum atomic E-state index is -0.209. The van der Waals surface area contributed by atoms with Gasteiger partial charge in [-0.15, -0.1) is 0 Å². The number of H-pyrrole nitrogens is 1. The van der Waals surface area contributed by atoms with Gasteiger partial charge in [-0.3, -0.25) is 0 Å². The number of methoxy groups -OCH3 is 1. The number of nitrogens with one attached hydrogen (secondary N) is 3. The molecule has 0 saturated carbocycles. The van der Waals surface area contributed by atoms with Gasteiger partial charge in [0.25, 0.3) is 0 Å². The molecular formula is C19H23N6OP. The van der Waals surface area contributed by atoms with Gasteiger partial charge in [-0.25, -0.2) is 0 Å². The number of aromatic nitrogens is 3. The van der Waals surface area contributed by atoms with Crippen LogP contribution >= 0.6 is 7.92 Å². The minimum absolute atomic E-state index is 0.209. The molecule has 0 atom stereocenters. The highest BCUT2D eigenvalue weighted by molar-refractivity contribution is 7.64. The van der Waals surface area contributed by atoms with Crippen LogP contribution in [0.4, 0.5) is 17.5 Å². The van der Waals surface area contributed by atoms with Gasteiger partial charge in [-0.2, -0.15) is 15.2 Å². The molecule has 0 aliphatic rings. The molecule has 2 heterocycles. The first-order valence-electron chi connectivity index (χ1n) is 8.72. The zero-order valence-electron chi connectivity index (χ0n) is 15.9. The number of anilines is 3. The molecule has 1 aromatic carbocycles. The van der Waals surface area contributed by atoms with E-state index in [9.17, 15) is 5.26 Å². The highest BCUT2D eigenvalue weighted by Gasteiger charge is 2.15. The number of fused-ring (bicyclic) bond motifs is 1. The predicted molar refractivity (Wildman–Crippen MR) is 112 cm³/mol. The fourth-order valence-electron chi connectivity index (χ4n) is 2.73. The van der Waals surface area contributed by atoms with E-state index in [4.69, 9.17) is 4.74 Å². The Balaban J connectivity index is 2.01. The van der Waals surface area contributed by atoms with E-state index in [0.717, 1.165) is 24.4 Å². The number of hydrogen-bond donors (Lipinski definition) is 3. The molecule has 0 spiro atoms. The van der Waals surface area contributed by atoms with Crippen molar-refractivity contribution in [2.75, 3.05) is 37.6 Å². The van der Waals surface area contributed by atoms with Crippen LogP contribution in [0.15, 0.2) is 24.4 Å². The first kappa shape index (κ1) is 18.9. The lowest BCUT2D eigenvalue weighted by molar-refractivity contribution is 0.417. The van der Waals surface area contributed by atoms with E-state index in [1.807, 2.05) is 12.1 Å². The van der Waals surface area contributed by atoms with Crippen molar-refractivity contribution in [3.05, 3.63) is 30.0 Å². The largest absolute Gasteiger partial charge is 0.495 e. The summed E-state index contributed by atoms with van der Waals surface area (Å²) in [5.74, 6) is 1.83. The van der Waals surface area contributed by atoms with Crippen LogP contribution in [-0.2, 0) is 0 Å². The van der Waals surface area contributed by atoms with Crippen molar-refractivity contribution in [3.63, 3.8) is 0 Å². The Morgan fingerprint density at radius 2 is 2.11 bits per heavy atom. The maximum atomic E-state index is 9.33. The van der Waals surface area contributed by atoms with Crippen LogP contribution in [0.5, 0.6) is 5.75 Å². The molecule has 0 aliphatic carbocycles. The molecular weight excluding hydrogens is 359 g/mol. The van der Waals surface area contributed by atoms with E-state index in [2.05, 4.69) is 58.0 Å². The summed E-state index contributed by atoms with van der Waals surface area (Å²) >= 11 is 0. The van der Waals surface area contributed by atoms with Crippen LogP contribution in [0.25, 0.3) is 11.0 Å².